The standard InChI is InChI=1S/C18H23NO2/c1-15(10-11-20)19-13-17-8-5-9-18(12-17)21-14-16-6-3-2-4-7-16/h2-9,12,15,19-20H,10-11,13-14H2,1H3. The Hall–Kier alpha value is -1.84. The minimum absolute atomic E-state index is 0.217. The van der Waals surface area contributed by atoms with Crippen molar-refractivity contribution in [3.63, 3.8) is 0 Å². The predicted octanol–water partition coefficient (Wildman–Crippen LogP) is 3.13. The zero-order chi connectivity index (χ0) is 14.9. The zero-order valence-electron chi connectivity index (χ0n) is 12.5. The average Bonchev–Trinajstić information content (AvgIpc) is 2.53. The molecule has 0 saturated heterocycles. The summed E-state index contributed by atoms with van der Waals surface area (Å²) in [5.41, 5.74) is 2.35. The number of nitrogens with one attached hydrogen (secondary N) is 1. The zero-order valence-corrected chi connectivity index (χ0v) is 12.5. The van der Waals surface area contributed by atoms with Crippen LogP contribution >= 0.6 is 0 Å². The number of aliphatic hydroxyl groups is 1. The highest BCUT2D eigenvalue weighted by Crippen LogP contribution is 2.15. The molecular weight excluding hydrogens is 262 g/mol. The summed E-state index contributed by atoms with van der Waals surface area (Å²) in [6.45, 7) is 3.66. The molecule has 0 amide bonds. The summed E-state index contributed by atoms with van der Waals surface area (Å²) in [5.74, 6) is 0.882. The third kappa shape index (κ3) is 5.58. The van der Waals surface area contributed by atoms with Crippen molar-refractivity contribution in [2.45, 2.75) is 32.5 Å². The first-order valence-electron chi connectivity index (χ1n) is 7.38. The highest BCUT2D eigenvalue weighted by Gasteiger charge is 2.02. The smallest absolute Gasteiger partial charge is 0.120 e. The van der Waals surface area contributed by atoms with Crippen molar-refractivity contribution >= 4 is 0 Å². The summed E-state index contributed by atoms with van der Waals surface area (Å²) < 4.78 is 5.82. The van der Waals surface area contributed by atoms with Crippen molar-refractivity contribution in [1.82, 2.24) is 5.32 Å². The molecule has 3 heteroatoms. The third-order valence-electron chi connectivity index (χ3n) is 3.36. The van der Waals surface area contributed by atoms with Gasteiger partial charge < -0.3 is 15.2 Å². The van der Waals surface area contributed by atoms with E-state index < -0.39 is 0 Å². The molecule has 0 fully saturated rings. The van der Waals surface area contributed by atoms with Gasteiger partial charge in [0.05, 0.1) is 0 Å². The van der Waals surface area contributed by atoms with Crippen molar-refractivity contribution in [3.05, 3.63) is 65.7 Å². The first-order valence-corrected chi connectivity index (χ1v) is 7.38. The van der Waals surface area contributed by atoms with Crippen molar-refractivity contribution < 1.29 is 9.84 Å². The van der Waals surface area contributed by atoms with Crippen LogP contribution in [0.25, 0.3) is 0 Å². The van der Waals surface area contributed by atoms with Crippen LogP contribution in [-0.4, -0.2) is 17.8 Å². The van der Waals surface area contributed by atoms with Crippen LogP contribution in [0, 0.1) is 0 Å². The van der Waals surface area contributed by atoms with Crippen LogP contribution in [0.1, 0.15) is 24.5 Å². The van der Waals surface area contributed by atoms with Crippen LogP contribution in [0.15, 0.2) is 54.6 Å². The summed E-state index contributed by atoms with van der Waals surface area (Å²) in [6, 6.07) is 18.6. The molecule has 2 N–H and O–H groups in total. The van der Waals surface area contributed by atoms with E-state index in [2.05, 4.69) is 36.5 Å². The summed E-state index contributed by atoms with van der Waals surface area (Å²) >= 11 is 0. The van der Waals surface area contributed by atoms with Gasteiger partial charge >= 0.3 is 0 Å². The van der Waals surface area contributed by atoms with E-state index in [1.54, 1.807) is 0 Å². The maximum absolute atomic E-state index is 8.90. The maximum Gasteiger partial charge on any atom is 0.120 e. The molecule has 0 radical (unpaired) electrons. The fraction of sp³-hybridized carbons (Fsp3) is 0.333. The molecule has 112 valence electrons. The van der Waals surface area contributed by atoms with Crippen LogP contribution in [0.5, 0.6) is 5.75 Å². The van der Waals surface area contributed by atoms with Crippen molar-refractivity contribution in [1.29, 1.82) is 0 Å². The average molecular weight is 285 g/mol. The Labute approximate surface area is 126 Å². The third-order valence-corrected chi connectivity index (χ3v) is 3.36. The number of ether oxygens (including phenoxy) is 1. The maximum atomic E-state index is 8.90. The van der Waals surface area contributed by atoms with Crippen molar-refractivity contribution in [3.8, 4) is 5.75 Å². The molecule has 2 aromatic rings. The van der Waals surface area contributed by atoms with E-state index in [1.807, 2.05) is 30.3 Å². The molecule has 0 aliphatic carbocycles. The van der Waals surface area contributed by atoms with Gasteiger partial charge in [0.15, 0.2) is 0 Å². The van der Waals surface area contributed by atoms with Gasteiger partial charge in [0.2, 0.25) is 0 Å². The van der Waals surface area contributed by atoms with E-state index in [4.69, 9.17) is 9.84 Å². The highest BCUT2D eigenvalue weighted by molar-refractivity contribution is 5.29. The summed E-state index contributed by atoms with van der Waals surface area (Å²) in [5, 5.41) is 12.3. The lowest BCUT2D eigenvalue weighted by atomic mass is 10.2. The molecule has 21 heavy (non-hydrogen) atoms. The van der Waals surface area contributed by atoms with E-state index in [0.717, 1.165) is 24.3 Å². The molecular formula is C18H23NO2. The molecule has 0 bridgehead atoms. The molecule has 0 saturated carbocycles. The molecule has 0 aliphatic rings. The molecule has 1 unspecified atom stereocenters. The highest BCUT2D eigenvalue weighted by atomic mass is 16.5. The van der Waals surface area contributed by atoms with Crippen LogP contribution in [0.3, 0.4) is 0 Å². The molecule has 3 nitrogen and oxygen atoms in total. The Balaban J connectivity index is 1.86. The number of rotatable bonds is 8. The van der Waals surface area contributed by atoms with Crippen LogP contribution in [0.4, 0.5) is 0 Å². The van der Waals surface area contributed by atoms with Crippen LogP contribution < -0.4 is 10.1 Å². The second-order valence-electron chi connectivity index (χ2n) is 5.22. The van der Waals surface area contributed by atoms with Gasteiger partial charge in [-0.1, -0.05) is 42.5 Å². The fourth-order valence-corrected chi connectivity index (χ4v) is 2.07. The van der Waals surface area contributed by atoms with Gasteiger partial charge in [-0.15, -0.1) is 0 Å². The van der Waals surface area contributed by atoms with E-state index in [1.165, 1.54) is 5.56 Å². The molecule has 2 aromatic carbocycles. The molecule has 2 rings (SSSR count). The normalized spacial score (nSPS) is 12.1. The summed E-state index contributed by atoms with van der Waals surface area (Å²) in [4.78, 5) is 0. The molecule has 1 atom stereocenters. The van der Waals surface area contributed by atoms with E-state index >= 15 is 0 Å². The number of benzene rings is 2. The Morgan fingerprint density at radius 1 is 1.05 bits per heavy atom. The van der Waals surface area contributed by atoms with Gasteiger partial charge in [0.1, 0.15) is 12.4 Å². The van der Waals surface area contributed by atoms with E-state index in [9.17, 15) is 0 Å². The topological polar surface area (TPSA) is 41.5 Å². The van der Waals surface area contributed by atoms with Gasteiger partial charge in [-0.3, -0.25) is 0 Å². The lowest BCUT2D eigenvalue weighted by Gasteiger charge is -2.13. The number of aliphatic hydroxyl groups excluding tert-OH is 1. The Morgan fingerprint density at radius 2 is 1.81 bits per heavy atom. The van der Waals surface area contributed by atoms with Crippen molar-refractivity contribution in [2.24, 2.45) is 0 Å². The lowest BCUT2D eigenvalue weighted by molar-refractivity contribution is 0.268. The number of hydrogen-bond acceptors (Lipinski definition) is 3. The first-order chi connectivity index (χ1) is 10.3. The number of hydrogen-bond donors (Lipinski definition) is 2. The van der Waals surface area contributed by atoms with Crippen LogP contribution in [0.2, 0.25) is 0 Å². The van der Waals surface area contributed by atoms with Crippen LogP contribution in [-0.2, 0) is 13.2 Å². The van der Waals surface area contributed by atoms with Gasteiger partial charge in [-0.05, 0) is 36.6 Å². The Kier molecular flexibility index (Phi) is 6.25. The quantitative estimate of drug-likeness (QED) is 0.783. The molecule has 0 aromatic heterocycles. The van der Waals surface area contributed by atoms with Crippen molar-refractivity contribution in [2.75, 3.05) is 6.61 Å². The van der Waals surface area contributed by atoms with Gasteiger partial charge in [0.25, 0.3) is 0 Å². The monoisotopic (exact) mass is 285 g/mol. The summed E-state index contributed by atoms with van der Waals surface area (Å²) in [7, 11) is 0. The Morgan fingerprint density at radius 3 is 2.57 bits per heavy atom. The summed E-state index contributed by atoms with van der Waals surface area (Å²) in [6.07, 6.45) is 0.768. The molecule has 0 aliphatic heterocycles. The second kappa shape index (κ2) is 8.45. The minimum atomic E-state index is 0.217. The minimum Gasteiger partial charge on any atom is -0.489 e. The molecule has 0 heterocycles. The first kappa shape index (κ1) is 15.5. The fourth-order valence-electron chi connectivity index (χ4n) is 2.07. The van der Waals surface area contributed by atoms with Gasteiger partial charge in [-0.2, -0.15) is 0 Å². The second-order valence-corrected chi connectivity index (χ2v) is 5.22. The van der Waals surface area contributed by atoms with Gasteiger partial charge in [0, 0.05) is 19.2 Å². The van der Waals surface area contributed by atoms with Gasteiger partial charge in [-0.25, -0.2) is 0 Å². The van der Waals surface area contributed by atoms with E-state index in [0.29, 0.717) is 12.6 Å². The molecule has 0 spiro atoms. The SMILES string of the molecule is CC(CCO)NCc1cccc(OCc2ccccc2)c1. The predicted molar refractivity (Wildman–Crippen MR) is 85.2 cm³/mol. The lowest BCUT2D eigenvalue weighted by Crippen LogP contribution is -2.26. The largest absolute Gasteiger partial charge is 0.489 e. The van der Waals surface area contributed by atoms with E-state index in [-0.39, 0.29) is 6.61 Å². The Bertz CT molecular complexity index is 528.